The number of aliphatic hydroxyl groups excluding tert-OH is 1. The number of pyridine rings is 1. The number of nitrogens with one attached hydrogen (secondary N) is 1. The van der Waals surface area contributed by atoms with Crippen molar-refractivity contribution in [3.63, 3.8) is 0 Å². The van der Waals surface area contributed by atoms with Crippen LogP contribution >= 0.6 is 0 Å². The molecule has 2 aromatic heterocycles. The van der Waals surface area contributed by atoms with E-state index in [0.717, 1.165) is 22.3 Å². The fraction of sp³-hybridized carbons (Fsp3) is 0.208. The Balaban J connectivity index is 1.75. The van der Waals surface area contributed by atoms with Crippen LogP contribution in [0.25, 0.3) is 16.7 Å². The summed E-state index contributed by atoms with van der Waals surface area (Å²) in [5.41, 5.74) is 5.72. The summed E-state index contributed by atoms with van der Waals surface area (Å²) in [6.45, 7) is 4.57. The van der Waals surface area contributed by atoms with Gasteiger partial charge in [-0.3, -0.25) is 9.20 Å². The van der Waals surface area contributed by atoms with Crippen molar-refractivity contribution >= 4 is 22.4 Å². The van der Waals surface area contributed by atoms with E-state index in [1.165, 1.54) is 5.56 Å². The Morgan fingerprint density at radius 1 is 1.10 bits per heavy atom. The van der Waals surface area contributed by atoms with E-state index in [9.17, 15) is 9.90 Å². The van der Waals surface area contributed by atoms with Gasteiger partial charge in [0.25, 0.3) is 5.56 Å². The van der Waals surface area contributed by atoms with E-state index in [0.29, 0.717) is 24.3 Å². The molecule has 0 bridgehead atoms. The second-order valence-corrected chi connectivity index (χ2v) is 7.34. The van der Waals surface area contributed by atoms with Crippen molar-refractivity contribution < 1.29 is 5.11 Å². The SMILES string of the molecule is C#Cc1c(C)cc(=O)n2c3ccccc3n(CC(O)CNc3ccc(C)cc3)c12. The van der Waals surface area contributed by atoms with Crippen LogP contribution in [-0.2, 0) is 6.54 Å². The highest BCUT2D eigenvalue weighted by Crippen LogP contribution is 2.24. The molecular weight excluding hydrogens is 362 g/mol. The van der Waals surface area contributed by atoms with E-state index < -0.39 is 6.10 Å². The molecule has 0 fully saturated rings. The van der Waals surface area contributed by atoms with Crippen LogP contribution in [0, 0.1) is 26.2 Å². The average molecular weight is 385 g/mol. The topological polar surface area (TPSA) is 58.7 Å². The molecule has 1 unspecified atom stereocenters. The summed E-state index contributed by atoms with van der Waals surface area (Å²) >= 11 is 0. The third-order valence-corrected chi connectivity index (χ3v) is 5.19. The largest absolute Gasteiger partial charge is 0.389 e. The number of aromatic nitrogens is 2. The monoisotopic (exact) mass is 385 g/mol. The quantitative estimate of drug-likeness (QED) is 0.518. The van der Waals surface area contributed by atoms with Crippen LogP contribution in [0.1, 0.15) is 16.7 Å². The number of imidazole rings is 1. The van der Waals surface area contributed by atoms with Crippen molar-refractivity contribution in [1.29, 1.82) is 0 Å². The van der Waals surface area contributed by atoms with E-state index in [4.69, 9.17) is 6.42 Å². The predicted molar refractivity (Wildman–Crippen MR) is 118 cm³/mol. The smallest absolute Gasteiger partial charge is 0.257 e. The first-order valence-electron chi connectivity index (χ1n) is 9.58. The maximum absolute atomic E-state index is 12.7. The molecule has 5 heteroatoms. The number of aliphatic hydroxyl groups is 1. The number of terminal acetylenes is 1. The number of aryl methyl sites for hydroxylation is 2. The average Bonchev–Trinajstić information content (AvgIpc) is 3.03. The van der Waals surface area contributed by atoms with Crippen LogP contribution in [-0.4, -0.2) is 26.7 Å². The second kappa shape index (κ2) is 7.50. The third-order valence-electron chi connectivity index (χ3n) is 5.19. The molecule has 4 rings (SSSR count). The predicted octanol–water partition coefficient (Wildman–Crippen LogP) is 3.33. The number of anilines is 1. The van der Waals surface area contributed by atoms with Gasteiger partial charge < -0.3 is 15.0 Å². The van der Waals surface area contributed by atoms with Gasteiger partial charge in [-0.05, 0) is 43.7 Å². The Labute approximate surface area is 169 Å². The molecule has 2 N–H and O–H groups in total. The van der Waals surface area contributed by atoms with Crippen molar-refractivity contribution in [2.75, 3.05) is 11.9 Å². The summed E-state index contributed by atoms with van der Waals surface area (Å²) in [6.07, 6.45) is 5.11. The third kappa shape index (κ3) is 3.39. The van der Waals surface area contributed by atoms with Gasteiger partial charge in [-0.1, -0.05) is 35.7 Å². The number of rotatable bonds is 5. The zero-order valence-corrected chi connectivity index (χ0v) is 16.5. The van der Waals surface area contributed by atoms with E-state index in [2.05, 4.69) is 11.2 Å². The van der Waals surface area contributed by atoms with E-state index in [-0.39, 0.29) is 5.56 Å². The molecule has 0 saturated heterocycles. The van der Waals surface area contributed by atoms with Gasteiger partial charge in [0, 0.05) is 18.3 Å². The highest BCUT2D eigenvalue weighted by Gasteiger charge is 2.18. The van der Waals surface area contributed by atoms with Crippen LogP contribution in [0.4, 0.5) is 5.69 Å². The molecule has 2 aromatic carbocycles. The van der Waals surface area contributed by atoms with Crippen molar-refractivity contribution in [2.24, 2.45) is 0 Å². The minimum Gasteiger partial charge on any atom is -0.389 e. The molecule has 0 spiro atoms. The van der Waals surface area contributed by atoms with Crippen molar-refractivity contribution in [2.45, 2.75) is 26.5 Å². The number of nitrogens with zero attached hydrogens (tertiary/aromatic N) is 2. The molecule has 0 saturated carbocycles. The Hall–Kier alpha value is -3.49. The summed E-state index contributed by atoms with van der Waals surface area (Å²) < 4.78 is 3.58. The first kappa shape index (κ1) is 18.9. The lowest BCUT2D eigenvalue weighted by molar-refractivity contribution is 0.169. The first-order chi connectivity index (χ1) is 14.0. The normalized spacial score (nSPS) is 12.2. The van der Waals surface area contributed by atoms with Crippen LogP contribution in [0.15, 0.2) is 59.4 Å². The lowest BCUT2D eigenvalue weighted by atomic mass is 10.1. The van der Waals surface area contributed by atoms with Gasteiger partial charge in [0.05, 0.1) is 29.2 Å². The van der Waals surface area contributed by atoms with Crippen LogP contribution in [0.2, 0.25) is 0 Å². The Morgan fingerprint density at radius 3 is 2.48 bits per heavy atom. The lowest BCUT2D eigenvalue weighted by Gasteiger charge is -2.16. The van der Waals surface area contributed by atoms with Gasteiger partial charge >= 0.3 is 0 Å². The van der Waals surface area contributed by atoms with Gasteiger partial charge in [-0.25, -0.2) is 0 Å². The summed E-state index contributed by atoms with van der Waals surface area (Å²) in [4.78, 5) is 12.7. The molecule has 146 valence electrons. The van der Waals surface area contributed by atoms with Crippen LogP contribution < -0.4 is 10.9 Å². The maximum atomic E-state index is 12.7. The van der Waals surface area contributed by atoms with Crippen LogP contribution in [0.5, 0.6) is 0 Å². The molecule has 5 nitrogen and oxygen atoms in total. The Bertz CT molecular complexity index is 1290. The van der Waals surface area contributed by atoms with Gasteiger partial charge in [0.15, 0.2) is 0 Å². The maximum Gasteiger partial charge on any atom is 0.257 e. The number of benzene rings is 2. The van der Waals surface area contributed by atoms with Gasteiger partial charge in [0.2, 0.25) is 0 Å². The summed E-state index contributed by atoms with van der Waals surface area (Å²) in [5, 5.41) is 14.0. The number of hydrogen-bond donors (Lipinski definition) is 2. The summed E-state index contributed by atoms with van der Waals surface area (Å²) in [5.74, 6) is 2.73. The molecule has 0 aliphatic heterocycles. The fourth-order valence-electron chi connectivity index (χ4n) is 3.74. The summed E-state index contributed by atoms with van der Waals surface area (Å²) in [7, 11) is 0. The molecule has 0 aliphatic rings. The minimum absolute atomic E-state index is 0.126. The molecule has 0 aliphatic carbocycles. The van der Waals surface area contributed by atoms with Crippen molar-refractivity contribution in [3.8, 4) is 12.3 Å². The standard InChI is InChI=1S/C24H23N3O2/c1-4-20-17(3)13-23(29)27-22-8-6-5-7-21(22)26(24(20)27)15-19(28)14-25-18-11-9-16(2)10-12-18/h1,5-13,19,25,28H,14-15H2,2-3H3. The van der Waals surface area contributed by atoms with Crippen LogP contribution in [0.3, 0.4) is 0 Å². The number of para-hydroxylation sites is 2. The molecule has 4 aromatic rings. The Kier molecular flexibility index (Phi) is 4.87. The molecule has 1 atom stereocenters. The highest BCUT2D eigenvalue weighted by molar-refractivity contribution is 5.84. The zero-order valence-electron chi connectivity index (χ0n) is 16.5. The van der Waals surface area contributed by atoms with Gasteiger partial charge in [-0.2, -0.15) is 0 Å². The number of fused-ring (bicyclic) bond motifs is 3. The molecule has 29 heavy (non-hydrogen) atoms. The molecule has 0 amide bonds. The van der Waals surface area contributed by atoms with Gasteiger partial charge in [0.1, 0.15) is 5.65 Å². The minimum atomic E-state index is -0.669. The lowest BCUT2D eigenvalue weighted by Crippen LogP contribution is -2.25. The van der Waals surface area contributed by atoms with E-state index >= 15 is 0 Å². The molecular formula is C24H23N3O2. The summed E-state index contributed by atoms with van der Waals surface area (Å²) in [6, 6.07) is 17.2. The van der Waals surface area contributed by atoms with E-state index in [1.807, 2.05) is 66.9 Å². The van der Waals surface area contributed by atoms with E-state index in [1.54, 1.807) is 10.5 Å². The fourth-order valence-corrected chi connectivity index (χ4v) is 3.74. The molecule has 0 radical (unpaired) electrons. The second-order valence-electron chi connectivity index (χ2n) is 7.34. The Morgan fingerprint density at radius 2 is 1.79 bits per heavy atom. The number of hydrogen-bond acceptors (Lipinski definition) is 3. The highest BCUT2D eigenvalue weighted by atomic mass is 16.3. The van der Waals surface area contributed by atoms with Gasteiger partial charge in [-0.15, -0.1) is 6.42 Å². The van der Waals surface area contributed by atoms with Crippen molar-refractivity contribution in [1.82, 2.24) is 8.97 Å². The molecule has 2 heterocycles. The van der Waals surface area contributed by atoms with Crippen molar-refractivity contribution in [3.05, 3.63) is 81.6 Å². The zero-order chi connectivity index (χ0) is 20.5. The first-order valence-corrected chi connectivity index (χ1v) is 9.58.